The molecule has 0 bridgehead atoms. The third-order valence-electron chi connectivity index (χ3n) is 11.8. The highest BCUT2D eigenvalue weighted by atomic mass is 31.2. The van der Waals surface area contributed by atoms with Crippen molar-refractivity contribution in [2.75, 3.05) is 26.4 Å². The van der Waals surface area contributed by atoms with Crippen molar-refractivity contribution in [1.29, 1.82) is 0 Å². The maximum atomic E-state index is 12.9. The lowest BCUT2D eigenvalue weighted by molar-refractivity contribution is -0.161. The van der Waals surface area contributed by atoms with Gasteiger partial charge in [-0.2, -0.15) is 0 Å². The van der Waals surface area contributed by atoms with Gasteiger partial charge >= 0.3 is 25.7 Å². The minimum atomic E-state index is -4.75. The number of carbonyl (C=O) groups excluding carboxylic acids is 3. The van der Waals surface area contributed by atoms with Gasteiger partial charge in [-0.05, 0) is 57.8 Å². The fourth-order valence-electron chi connectivity index (χ4n) is 7.58. The number of hydrogen-bond donors (Lipinski definition) is 2. The van der Waals surface area contributed by atoms with Crippen LogP contribution in [0.1, 0.15) is 252 Å². The molecule has 2 N–H and O–H groups in total. The average Bonchev–Trinajstić information content (AvgIpc) is 3.32. The predicted octanol–water partition coefficient (Wildman–Crippen LogP) is 15.8. The van der Waals surface area contributed by atoms with E-state index in [1.807, 2.05) is 0 Å². The molecule has 0 aromatic rings. The van der Waals surface area contributed by atoms with Gasteiger partial charge in [0.15, 0.2) is 6.10 Å². The van der Waals surface area contributed by atoms with E-state index < -0.39 is 57.8 Å². The van der Waals surface area contributed by atoms with E-state index in [1.54, 1.807) is 0 Å². The number of carbonyl (C=O) groups is 3. The molecule has 0 heterocycles. The molecule has 0 rings (SSSR count). The second kappa shape index (κ2) is 50.8. The molecule has 11 nitrogen and oxygen atoms in total. The number of aliphatic hydroxyl groups is 1. The van der Waals surface area contributed by atoms with Gasteiger partial charge in [0, 0.05) is 19.3 Å². The molecule has 68 heavy (non-hydrogen) atoms. The van der Waals surface area contributed by atoms with Gasteiger partial charge in [-0.25, -0.2) is 4.57 Å². The molecule has 396 valence electrons. The van der Waals surface area contributed by atoms with Crippen molar-refractivity contribution in [3.8, 4) is 0 Å². The standard InChI is InChI=1S/C56H101O11P/c1-4-7-10-13-16-19-22-24-26-28-31-33-36-39-42-45-54(58)63-49-53(67-56(60)47-44-41-38-35-32-29-27-25-23-20-17-14-11-8-5-2)51-65-68(61,62)64-50-52(48-57)66-55(59)46-43-40-37-34-30-21-18-15-12-9-6-3/h8,11,17,20,25,27,32,35,52-53,57H,4-7,9-10,12-16,18-19,21-24,26,28-31,33-34,36-51H2,1-3H3,(H,61,62)/b11-8-,20-17-,27-25-,35-32-. The van der Waals surface area contributed by atoms with Gasteiger partial charge in [0.25, 0.3) is 0 Å². The van der Waals surface area contributed by atoms with Crippen LogP contribution >= 0.6 is 7.82 Å². The highest BCUT2D eigenvalue weighted by molar-refractivity contribution is 7.47. The Morgan fingerprint density at radius 2 is 0.765 bits per heavy atom. The van der Waals surface area contributed by atoms with E-state index >= 15 is 0 Å². The summed E-state index contributed by atoms with van der Waals surface area (Å²) in [6.07, 6.45) is 52.2. The molecular weight excluding hydrogens is 880 g/mol. The normalized spacial score (nSPS) is 13.8. The summed E-state index contributed by atoms with van der Waals surface area (Å²) in [5, 5.41) is 9.77. The molecule has 12 heteroatoms. The number of unbranched alkanes of at least 4 members (excludes halogenated alkanes) is 26. The summed E-state index contributed by atoms with van der Waals surface area (Å²) in [5.41, 5.74) is 0. The fraction of sp³-hybridized carbons (Fsp3) is 0.804. The molecule has 3 atom stereocenters. The van der Waals surface area contributed by atoms with Crippen LogP contribution < -0.4 is 0 Å². The van der Waals surface area contributed by atoms with E-state index in [9.17, 15) is 28.9 Å². The number of phosphoric acid groups is 1. The Balaban J connectivity index is 4.77. The molecular formula is C56H101O11P. The van der Waals surface area contributed by atoms with Gasteiger partial charge in [-0.15, -0.1) is 0 Å². The summed E-state index contributed by atoms with van der Waals surface area (Å²) >= 11 is 0. The molecule has 0 amide bonds. The molecule has 0 aliphatic carbocycles. The molecule has 0 spiro atoms. The summed E-state index contributed by atoms with van der Waals surface area (Å²) in [4.78, 5) is 48.4. The minimum absolute atomic E-state index is 0.118. The first kappa shape index (κ1) is 65.4. The Morgan fingerprint density at radius 3 is 1.18 bits per heavy atom. The summed E-state index contributed by atoms with van der Waals surface area (Å²) in [6, 6.07) is 0. The smallest absolute Gasteiger partial charge is 0.462 e. The molecule has 0 aliphatic heterocycles. The van der Waals surface area contributed by atoms with Crippen molar-refractivity contribution in [3.63, 3.8) is 0 Å². The molecule has 3 unspecified atom stereocenters. The van der Waals surface area contributed by atoms with Gasteiger partial charge in [-0.1, -0.05) is 223 Å². The van der Waals surface area contributed by atoms with Crippen LogP contribution in [0.25, 0.3) is 0 Å². The lowest BCUT2D eigenvalue weighted by Gasteiger charge is -2.21. The Hall–Kier alpha value is -2.56. The number of hydrogen-bond acceptors (Lipinski definition) is 10. The first-order valence-corrected chi connectivity index (χ1v) is 29.0. The van der Waals surface area contributed by atoms with E-state index in [2.05, 4.69) is 69.4 Å². The molecule has 0 aromatic carbocycles. The number of esters is 3. The predicted molar refractivity (Wildman–Crippen MR) is 279 cm³/mol. The van der Waals surface area contributed by atoms with Gasteiger partial charge < -0.3 is 24.2 Å². The van der Waals surface area contributed by atoms with Gasteiger partial charge in [0.2, 0.25) is 0 Å². The zero-order valence-corrected chi connectivity index (χ0v) is 44.5. The van der Waals surface area contributed by atoms with Crippen LogP contribution in [0, 0.1) is 0 Å². The van der Waals surface area contributed by atoms with E-state index in [0.29, 0.717) is 19.3 Å². The molecule has 0 aromatic heterocycles. The van der Waals surface area contributed by atoms with E-state index in [1.165, 1.54) is 116 Å². The number of allylic oxidation sites excluding steroid dienone is 8. The monoisotopic (exact) mass is 981 g/mol. The molecule has 0 radical (unpaired) electrons. The average molecular weight is 981 g/mol. The first-order chi connectivity index (χ1) is 33.2. The van der Waals surface area contributed by atoms with Crippen LogP contribution in [0.3, 0.4) is 0 Å². The van der Waals surface area contributed by atoms with Crippen molar-refractivity contribution in [2.24, 2.45) is 0 Å². The summed E-state index contributed by atoms with van der Waals surface area (Å²) < 4.78 is 39.4. The zero-order chi connectivity index (χ0) is 49.9. The molecule has 0 saturated heterocycles. The first-order valence-electron chi connectivity index (χ1n) is 27.5. The lowest BCUT2D eigenvalue weighted by Crippen LogP contribution is -2.30. The van der Waals surface area contributed by atoms with Crippen molar-refractivity contribution >= 4 is 25.7 Å². The largest absolute Gasteiger partial charge is 0.472 e. The third kappa shape index (κ3) is 48.5. The van der Waals surface area contributed by atoms with Crippen molar-refractivity contribution in [3.05, 3.63) is 48.6 Å². The van der Waals surface area contributed by atoms with Crippen LogP contribution in [0.2, 0.25) is 0 Å². The fourth-order valence-corrected chi connectivity index (χ4v) is 8.37. The third-order valence-corrected chi connectivity index (χ3v) is 12.7. The second-order valence-corrected chi connectivity index (χ2v) is 19.8. The van der Waals surface area contributed by atoms with E-state index in [0.717, 1.165) is 77.0 Å². The Kier molecular flexibility index (Phi) is 48.9. The SMILES string of the molecule is CC/C=C\C/C=C\C/C=C\C/C=C\CCCCC(=O)OC(COC(=O)CCCCCCCCCCCCCCCCC)COP(=O)(O)OCC(CO)OC(=O)CCCCCCCCCCCCC. The Labute approximate surface area is 415 Å². The summed E-state index contributed by atoms with van der Waals surface area (Å²) in [5.74, 6) is -1.50. The van der Waals surface area contributed by atoms with E-state index in [-0.39, 0.29) is 25.9 Å². The minimum Gasteiger partial charge on any atom is -0.462 e. The topological polar surface area (TPSA) is 155 Å². The van der Waals surface area contributed by atoms with Crippen LogP contribution in [-0.4, -0.2) is 66.5 Å². The van der Waals surface area contributed by atoms with Crippen molar-refractivity contribution in [1.82, 2.24) is 0 Å². The quantitative estimate of drug-likeness (QED) is 0.0197. The molecule has 0 aliphatic rings. The Bertz CT molecular complexity index is 1330. The maximum absolute atomic E-state index is 12.9. The lowest BCUT2D eigenvalue weighted by atomic mass is 10.0. The van der Waals surface area contributed by atoms with Crippen LogP contribution in [0.4, 0.5) is 0 Å². The van der Waals surface area contributed by atoms with E-state index in [4.69, 9.17) is 23.3 Å². The molecule has 0 fully saturated rings. The number of phosphoric ester groups is 1. The number of ether oxygens (including phenoxy) is 3. The highest BCUT2D eigenvalue weighted by Crippen LogP contribution is 2.43. The van der Waals surface area contributed by atoms with Crippen LogP contribution in [0.5, 0.6) is 0 Å². The maximum Gasteiger partial charge on any atom is 0.472 e. The number of rotatable bonds is 51. The summed E-state index contributed by atoms with van der Waals surface area (Å²) in [7, 11) is -4.75. The van der Waals surface area contributed by atoms with Crippen LogP contribution in [0.15, 0.2) is 48.6 Å². The molecule has 0 saturated carbocycles. The Morgan fingerprint density at radius 1 is 0.426 bits per heavy atom. The van der Waals surface area contributed by atoms with Gasteiger partial charge in [-0.3, -0.25) is 23.4 Å². The second-order valence-electron chi connectivity index (χ2n) is 18.4. The van der Waals surface area contributed by atoms with Crippen LogP contribution in [-0.2, 0) is 42.2 Å². The van der Waals surface area contributed by atoms with Gasteiger partial charge in [0.05, 0.1) is 19.8 Å². The zero-order valence-electron chi connectivity index (χ0n) is 43.6. The van der Waals surface area contributed by atoms with Crippen molar-refractivity contribution in [2.45, 2.75) is 264 Å². The van der Waals surface area contributed by atoms with Crippen molar-refractivity contribution < 1.29 is 52.2 Å². The highest BCUT2D eigenvalue weighted by Gasteiger charge is 2.28. The summed E-state index contributed by atoms with van der Waals surface area (Å²) in [6.45, 7) is 4.49. The number of aliphatic hydroxyl groups excluding tert-OH is 1. The van der Waals surface area contributed by atoms with Gasteiger partial charge in [0.1, 0.15) is 12.7 Å².